The van der Waals surface area contributed by atoms with E-state index in [9.17, 15) is 5.11 Å². The molecule has 1 fully saturated rings. The standard InChI is InChI=1S/C15H22O2/c1-2-15(16,13-7-4-3-5-8-13)11-10-14-9-6-12-17-14/h3-5,7-8,14,16H,2,6,9-12H2,1H3. The highest BCUT2D eigenvalue weighted by molar-refractivity contribution is 5.22. The van der Waals surface area contributed by atoms with Crippen LogP contribution in [-0.2, 0) is 10.3 Å². The van der Waals surface area contributed by atoms with Gasteiger partial charge in [0.05, 0.1) is 11.7 Å². The highest BCUT2D eigenvalue weighted by Crippen LogP contribution is 2.32. The molecule has 94 valence electrons. The van der Waals surface area contributed by atoms with Crippen LogP contribution >= 0.6 is 0 Å². The molecule has 1 aliphatic heterocycles. The SMILES string of the molecule is CCC(O)(CCC1CCCO1)c1ccccc1. The molecule has 1 saturated heterocycles. The largest absolute Gasteiger partial charge is 0.385 e. The first-order chi connectivity index (χ1) is 8.24. The van der Waals surface area contributed by atoms with Gasteiger partial charge < -0.3 is 9.84 Å². The molecule has 0 saturated carbocycles. The van der Waals surface area contributed by atoms with Crippen molar-refractivity contribution in [3.8, 4) is 0 Å². The Kier molecular flexibility index (Phi) is 4.19. The zero-order valence-corrected chi connectivity index (χ0v) is 10.6. The summed E-state index contributed by atoms with van der Waals surface area (Å²) < 4.78 is 5.62. The Labute approximate surface area is 104 Å². The molecule has 1 heterocycles. The molecule has 2 rings (SSSR count). The second kappa shape index (κ2) is 5.65. The Bertz CT molecular complexity index is 330. The summed E-state index contributed by atoms with van der Waals surface area (Å²) in [7, 11) is 0. The Morgan fingerprint density at radius 3 is 2.71 bits per heavy atom. The quantitative estimate of drug-likeness (QED) is 0.847. The van der Waals surface area contributed by atoms with Gasteiger partial charge in [-0.15, -0.1) is 0 Å². The van der Waals surface area contributed by atoms with Gasteiger partial charge >= 0.3 is 0 Å². The number of hydrogen-bond acceptors (Lipinski definition) is 2. The minimum Gasteiger partial charge on any atom is -0.385 e. The molecule has 1 aliphatic rings. The molecule has 0 amide bonds. The first-order valence-corrected chi connectivity index (χ1v) is 6.64. The third-order valence-electron chi connectivity index (χ3n) is 3.80. The van der Waals surface area contributed by atoms with Crippen LogP contribution in [0.4, 0.5) is 0 Å². The van der Waals surface area contributed by atoms with Crippen molar-refractivity contribution in [2.75, 3.05) is 6.61 Å². The summed E-state index contributed by atoms with van der Waals surface area (Å²) in [4.78, 5) is 0. The third-order valence-corrected chi connectivity index (χ3v) is 3.80. The van der Waals surface area contributed by atoms with Crippen LogP contribution in [-0.4, -0.2) is 17.8 Å². The van der Waals surface area contributed by atoms with Crippen LogP contribution < -0.4 is 0 Å². The second-order valence-electron chi connectivity index (χ2n) is 4.92. The van der Waals surface area contributed by atoms with Crippen LogP contribution in [0.1, 0.15) is 44.6 Å². The van der Waals surface area contributed by atoms with Crippen LogP contribution in [0.2, 0.25) is 0 Å². The fraction of sp³-hybridized carbons (Fsp3) is 0.600. The van der Waals surface area contributed by atoms with Crippen LogP contribution in [0.25, 0.3) is 0 Å². The second-order valence-corrected chi connectivity index (χ2v) is 4.92. The van der Waals surface area contributed by atoms with Gasteiger partial charge in [-0.05, 0) is 37.7 Å². The molecule has 1 N–H and O–H groups in total. The number of benzene rings is 1. The van der Waals surface area contributed by atoms with Crippen molar-refractivity contribution in [2.24, 2.45) is 0 Å². The van der Waals surface area contributed by atoms with Gasteiger partial charge in [0.1, 0.15) is 0 Å². The van der Waals surface area contributed by atoms with Crippen molar-refractivity contribution in [2.45, 2.75) is 50.7 Å². The molecule has 2 atom stereocenters. The van der Waals surface area contributed by atoms with Crippen LogP contribution in [0, 0.1) is 0 Å². The Morgan fingerprint density at radius 2 is 2.12 bits per heavy atom. The highest BCUT2D eigenvalue weighted by Gasteiger charge is 2.28. The first kappa shape index (κ1) is 12.6. The van der Waals surface area contributed by atoms with Gasteiger partial charge in [-0.1, -0.05) is 37.3 Å². The van der Waals surface area contributed by atoms with Crippen LogP contribution in [0.15, 0.2) is 30.3 Å². The fourth-order valence-corrected chi connectivity index (χ4v) is 2.55. The molecule has 0 radical (unpaired) electrons. The van der Waals surface area contributed by atoms with E-state index in [4.69, 9.17) is 4.74 Å². The van der Waals surface area contributed by atoms with Gasteiger partial charge in [-0.25, -0.2) is 0 Å². The molecule has 17 heavy (non-hydrogen) atoms. The number of hydrogen-bond donors (Lipinski definition) is 1. The van der Waals surface area contributed by atoms with E-state index < -0.39 is 5.60 Å². The van der Waals surface area contributed by atoms with E-state index in [-0.39, 0.29) is 0 Å². The molecule has 0 aliphatic carbocycles. The minimum absolute atomic E-state index is 0.358. The van der Waals surface area contributed by atoms with E-state index in [2.05, 4.69) is 0 Å². The van der Waals surface area contributed by atoms with Gasteiger partial charge in [-0.3, -0.25) is 0 Å². The molecule has 1 aromatic rings. The molecule has 0 aromatic heterocycles. The van der Waals surface area contributed by atoms with Crippen molar-refractivity contribution in [3.63, 3.8) is 0 Å². The van der Waals surface area contributed by atoms with Gasteiger partial charge in [0.2, 0.25) is 0 Å². The maximum atomic E-state index is 10.7. The molecule has 0 bridgehead atoms. The van der Waals surface area contributed by atoms with E-state index >= 15 is 0 Å². The van der Waals surface area contributed by atoms with Crippen molar-refractivity contribution in [3.05, 3.63) is 35.9 Å². The monoisotopic (exact) mass is 234 g/mol. The lowest BCUT2D eigenvalue weighted by Gasteiger charge is -2.28. The molecular formula is C15H22O2. The predicted octanol–water partition coefficient (Wildman–Crippen LogP) is 3.24. The van der Waals surface area contributed by atoms with E-state index in [0.717, 1.165) is 37.9 Å². The molecular weight excluding hydrogens is 212 g/mol. The highest BCUT2D eigenvalue weighted by atomic mass is 16.5. The average molecular weight is 234 g/mol. The van der Waals surface area contributed by atoms with Gasteiger partial charge in [-0.2, -0.15) is 0 Å². The summed E-state index contributed by atoms with van der Waals surface area (Å²) in [6, 6.07) is 9.99. The first-order valence-electron chi connectivity index (χ1n) is 6.64. The van der Waals surface area contributed by atoms with E-state index in [1.807, 2.05) is 37.3 Å². The predicted molar refractivity (Wildman–Crippen MR) is 68.8 cm³/mol. The van der Waals surface area contributed by atoms with E-state index in [1.54, 1.807) is 0 Å². The number of ether oxygens (including phenoxy) is 1. The lowest BCUT2D eigenvalue weighted by molar-refractivity contribution is 0.00326. The molecule has 2 nitrogen and oxygen atoms in total. The summed E-state index contributed by atoms with van der Waals surface area (Å²) in [6.45, 7) is 2.93. The van der Waals surface area contributed by atoms with Crippen molar-refractivity contribution >= 4 is 0 Å². The summed E-state index contributed by atoms with van der Waals surface area (Å²) in [5.74, 6) is 0. The van der Waals surface area contributed by atoms with Crippen molar-refractivity contribution in [1.82, 2.24) is 0 Å². The normalized spacial score (nSPS) is 23.5. The molecule has 0 spiro atoms. The Balaban J connectivity index is 1.98. The smallest absolute Gasteiger partial charge is 0.0894 e. The van der Waals surface area contributed by atoms with E-state index in [1.165, 1.54) is 6.42 Å². The minimum atomic E-state index is -0.687. The fourth-order valence-electron chi connectivity index (χ4n) is 2.55. The van der Waals surface area contributed by atoms with Gasteiger partial charge in [0.25, 0.3) is 0 Å². The number of aliphatic hydroxyl groups is 1. The van der Waals surface area contributed by atoms with Gasteiger partial charge in [0, 0.05) is 6.61 Å². The summed E-state index contributed by atoms with van der Waals surface area (Å²) in [5, 5.41) is 10.7. The summed E-state index contributed by atoms with van der Waals surface area (Å²) >= 11 is 0. The lowest BCUT2D eigenvalue weighted by atomic mass is 9.85. The summed E-state index contributed by atoms with van der Waals surface area (Å²) in [5.41, 5.74) is 0.341. The maximum Gasteiger partial charge on any atom is 0.0894 e. The Hall–Kier alpha value is -0.860. The summed E-state index contributed by atoms with van der Waals surface area (Å²) in [6.07, 6.45) is 5.17. The zero-order valence-electron chi connectivity index (χ0n) is 10.6. The Morgan fingerprint density at radius 1 is 1.35 bits per heavy atom. The molecule has 1 aromatic carbocycles. The maximum absolute atomic E-state index is 10.7. The third kappa shape index (κ3) is 3.08. The lowest BCUT2D eigenvalue weighted by Crippen LogP contribution is -2.26. The molecule has 2 unspecified atom stereocenters. The van der Waals surface area contributed by atoms with E-state index in [0.29, 0.717) is 6.10 Å². The van der Waals surface area contributed by atoms with Crippen LogP contribution in [0.5, 0.6) is 0 Å². The van der Waals surface area contributed by atoms with Crippen molar-refractivity contribution in [1.29, 1.82) is 0 Å². The van der Waals surface area contributed by atoms with Crippen molar-refractivity contribution < 1.29 is 9.84 Å². The zero-order chi connectivity index (χ0) is 12.1. The molecule has 2 heteroatoms. The number of rotatable bonds is 5. The average Bonchev–Trinajstić information content (AvgIpc) is 2.90. The van der Waals surface area contributed by atoms with Crippen LogP contribution in [0.3, 0.4) is 0 Å². The topological polar surface area (TPSA) is 29.5 Å². The van der Waals surface area contributed by atoms with Gasteiger partial charge in [0.15, 0.2) is 0 Å².